The van der Waals surface area contributed by atoms with Gasteiger partial charge in [-0.2, -0.15) is 4.31 Å². The number of amides is 1. The molecule has 2 fully saturated rings. The monoisotopic (exact) mass is 437 g/mol. The predicted octanol–water partition coefficient (Wildman–Crippen LogP) is 1.88. The Labute approximate surface area is 180 Å². The van der Waals surface area contributed by atoms with Gasteiger partial charge in [0.2, 0.25) is 15.9 Å². The van der Waals surface area contributed by atoms with Crippen molar-refractivity contribution in [1.29, 1.82) is 0 Å². The molecule has 7 nitrogen and oxygen atoms in total. The Morgan fingerprint density at radius 1 is 1.13 bits per heavy atom. The minimum atomic E-state index is -3.43. The summed E-state index contributed by atoms with van der Waals surface area (Å²) in [6, 6.07) is 6.69. The van der Waals surface area contributed by atoms with Gasteiger partial charge in [-0.05, 0) is 36.5 Å². The molecule has 1 unspecified atom stereocenters. The van der Waals surface area contributed by atoms with Crippen molar-refractivity contribution in [2.45, 2.75) is 50.5 Å². The molecule has 3 rings (SSSR count). The Morgan fingerprint density at radius 3 is 2.50 bits per heavy atom. The van der Waals surface area contributed by atoms with Crippen LogP contribution in [0.1, 0.15) is 38.7 Å². The Morgan fingerprint density at radius 2 is 1.83 bits per heavy atom. The van der Waals surface area contributed by atoms with Crippen LogP contribution in [0.4, 0.5) is 0 Å². The van der Waals surface area contributed by atoms with Crippen LogP contribution in [0, 0.1) is 5.92 Å². The smallest absolute Gasteiger partial charge is 0.243 e. The lowest BCUT2D eigenvalue weighted by Crippen LogP contribution is -2.48. The van der Waals surface area contributed by atoms with E-state index in [1.807, 2.05) is 0 Å². The maximum absolute atomic E-state index is 12.7. The van der Waals surface area contributed by atoms with Crippen LogP contribution in [-0.4, -0.2) is 75.5 Å². The quantitative estimate of drug-likeness (QED) is 0.672. The van der Waals surface area contributed by atoms with Gasteiger partial charge in [0.25, 0.3) is 0 Å². The van der Waals surface area contributed by atoms with E-state index in [-0.39, 0.29) is 18.4 Å². The number of piperidine rings is 1. The lowest BCUT2D eigenvalue weighted by atomic mass is 10.1. The fraction of sp³-hybridized carbons (Fsp3) is 0.682. The van der Waals surface area contributed by atoms with Gasteiger partial charge >= 0.3 is 0 Å². The standard InChI is InChI=1S/C22H35N3O4S/c1-18(2)16-24-12-13-29-20(17-24)15-23-22(26)14-19-6-8-21(9-7-19)30(27,28)25-10-4-3-5-11-25/h6-9,18,20H,3-5,10-17H2,1-2H3,(H,23,26). The third kappa shape index (κ3) is 6.51. The van der Waals surface area contributed by atoms with Crippen LogP contribution in [0.3, 0.4) is 0 Å². The largest absolute Gasteiger partial charge is 0.374 e. The van der Waals surface area contributed by atoms with E-state index in [1.54, 1.807) is 28.6 Å². The van der Waals surface area contributed by atoms with E-state index in [9.17, 15) is 13.2 Å². The first-order valence-corrected chi connectivity index (χ1v) is 12.5. The number of sulfonamides is 1. The zero-order valence-electron chi connectivity index (χ0n) is 18.2. The van der Waals surface area contributed by atoms with Crippen LogP contribution >= 0.6 is 0 Å². The molecule has 0 saturated carbocycles. The zero-order chi connectivity index (χ0) is 21.6. The summed E-state index contributed by atoms with van der Waals surface area (Å²) in [6.07, 6.45) is 3.15. The fourth-order valence-corrected chi connectivity index (χ4v) is 5.61. The minimum Gasteiger partial charge on any atom is -0.374 e. The van der Waals surface area contributed by atoms with Crippen molar-refractivity contribution in [1.82, 2.24) is 14.5 Å². The van der Waals surface area contributed by atoms with Gasteiger partial charge in [-0.3, -0.25) is 9.69 Å². The molecule has 0 spiro atoms. The van der Waals surface area contributed by atoms with Crippen LogP contribution in [0.2, 0.25) is 0 Å². The van der Waals surface area contributed by atoms with Crippen molar-refractivity contribution in [2.75, 3.05) is 45.9 Å². The summed E-state index contributed by atoms with van der Waals surface area (Å²) in [4.78, 5) is 15.0. The average molecular weight is 438 g/mol. The van der Waals surface area contributed by atoms with Crippen LogP contribution in [-0.2, 0) is 26.0 Å². The number of benzene rings is 1. The van der Waals surface area contributed by atoms with Gasteiger partial charge in [0.1, 0.15) is 0 Å². The van der Waals surface area contributed by atoms with Crippen molar-refractivity contribution in [3.63, 3.8) is 0 Å². The van der Waals surface area contributed by atoms with Crippen molar-refractivity contribution >= 4 is 15.9 Å². The van der Waals surface area contributed by atoms with E-state index in [0.29, 0.717) is 37.1 Å². The predicted molar refractivity (Wildman–Crippen MR) is 117 cm³/mol. The minimum absolute atomic E-state index is 0.0125. The topological polar surface area (TPSA) is 79.0 Å². The van der Waals surface area contributed by atoms with Gasteiger partial charge in [-0.25, -0.2) is 8.42 Å². The highest BCUT2D eigenvalue weighted by atomic mass is 32.2. The van der Waals surface area contributed by atoms with Gasteiger partial charge in [0.15, 0.2) is 0 Å². The summed E-state index contributed by atoms with van der Waals surface area (Å²) in [5, 5.41) is 2.95. The molecule has 30 heavy (non-hydrogen) atoms. The number of nitrogens with one attached hydrogen (secondary N) is 1. The van der Waals surface area contributed by atoms with Crippen molar-refractivity contribution in [2.24, 2.45) is 5.92 Å². The van der Waals surface area contributed by atoms with E-state index in [0.717, 1.165) is 44.5 Å². The third-order valence-corrected chi connectivity index (χ3v) is 7.53. The Bertz CT molecular complexity index is 789. The number of nitrogens with zero attached hydrogens (tertiary/aromatic N) is 2. The van der Waals surface area contributed by atoms with Gasteiger partial charge < -0.3 is 10.1 Å². The molecule has 0 aromatic heterocycles. The molecular formula is C22H35N3O4S. The Hall–Kier alpha value is -1.48. The highest BCUT2D eigenvalue weighted by Gasteiger charge is 2.26. The molecule has 1 atom stereocenters. The molecule has 0 radical (unpaired) electrons. The SMILES string of the molecule is CC(C)CN1CCOC(CNC(=O)Cc2ccc(S(=O)(=O)N3CCCCC3)cc2)C1. The highest BCUT2D eigenvalue weighted by molar-refractivity contribution is 7.89. The molecule has 0 aliphatic carbocycles. The number of carbonyl (C=O) groups excluding carboxylic acids is 1. The number of hydrogen-bond donors (Lipinski definition) is 1. The van der Waals surface area contributed by atoms with Gasteiger partial charge in [0, 0.05) is 39.3 Å². The first-order chi connectivity index (χ1) is 14.3. The maximum Gasteiger partial charge on any atom is 0.243 e. The normalized spacial score (nSPS) is 21.6. The van der Waals surface area contributed by atoms with Crippen LogP contribution < -0.4 is 5.32 Å². The number of hydrogen-bond acceptors (Lipinski definition) is 5. The Balaban J connectivity index is 1.47. The van der Waals surface area contributed by atoms with E-state index in [4.69, 9.17) is 4.74 Å². The second kappa shape index (κ2) is 10.7. The summed E-state index contributed by atoms with van der Waals surface area (Å²) in [6.45, 7) is 9.59. The van der Waals surface area contributed by atoms with Crippen molar-refractivity contribution < 1.29 is 17.9 Å². The maximum atomic E-state index is 12.7. The molecule has 2 aliphatic rings. The second-order valence-electron chi connectivity index (χ2n) is 8.74. The number of rotatable bonds is 8. The number of morpholine rings is 1. The summed E-state index contributed by atoms with van der Waals surface area (Å²) < 4.78 is 32.8. The molecule has 1 amide bonds. The molecule has 2 heterocycles. The van der Waals surface area contributed by atoms with Crippen LogP contribution in [0.5, 0.6) is 0 Å². The van der Waals surface area contributed by atoms with Crippen molar-refractivity contribution in [3.8, 4) is 0 Å². The molecule has 2 aliphatic heterocycles. The van der Waals surface area contributed by atoms with Crippen LogP contribution in [0.15, 0.2) is 29.2 Å². The molecule has 2 saturated heterocycles. The van der Waals surface area contributed by atoms with Crippen molar-refractivity contribution in [3.05, 3.63) is 29.8 Å². The molecule has 0 bridgehead atoms. The van der Waals surface area contributed by atoms with Gasteiger partial charge in [-0.1, -0.05) is 32.4 Å². The number of ether oxygens (including phenoxy) is 1. The summed E-state index contributed by atoms with van der Waals surface area (Å²) in [5.74, 6) is 0.534. The summed E-state index contributed by atoms with van der Waals surface area (Å²) in [5.41, 5.74) is 0.802. The van der Waals surface area contributed by atoms with Crippen LogP contribution in [0.25, 0.3) is 0 Å². The molecule has 168 valence electrons. The summed E-state index contributed by atoms with van der Waals surface area (Å²) in [7, 11) is -3.43. The fourth-order valence-electron chi connectivity index (χ4n) is 4.10. The van der Waals surface area contributed by atoms with E-state index in [1.165, 1.54) is 0 Å². The molecule has 8 heteroatoms. The number of carbonyl (C=O) groups is 1. The average Bonchev–Trinajstić information content (AvgIpc) is 2.73. The van der Waals surface area contributed by atoms with E-state index in [2.05, 4.69) is 24.1 Å². The molecule has 1 aromatic carbocycles. The lowest BCUT2D eigenvalue weighted by molar-refractivity contribution is -0.121. The third-order valence-electron chi connectivity index (χ3n) is 5.61. The second-order valence-corrected chi connectivity index (χ2v) is 10.7. The molecule has 1 aromatic rings. The van der Waals surface area contributed by atoms with E-state index < -0.39 is 10.0 Å². The molecule has 1 N–H and O–H groups in total. The van der Waals surface area contributed by atoms with Gasteiger partial charge in [-0.15, -0.1) is 0 Å². The zero-order valence-corrected chi connectivity index (χ0v) is 19.0. The summed E-state index contributed by atoms with van der Waals surface area (Å²) >= 11 is 0. The van der Waals surface area contributed by atoms with E-state index >= 15 is 0 Å². The van der Waals surface area contributed by atoms with Gasteiger partial charge in [0.05, 0.1) is 24.0 Å². The highest BCUT2D eigenvalue weighted by Crippen LogP contribution is 2.21. The first-order valence-electron chi connectivity index (χ1n) is 11.0. The molecular weight excluding hydrogens is 402 g/mol. The lowest BCUT2D eigenvalue weighted by Gasteiger charge is -2.33. The Kier molecular flexibility index (Phi) is 8.27. The first kappa shape index (κ1) is 23.2.